The summed E-state index contributed by atoms with van der Waals surface area (Å²) in [7, 11) is 0. The molecule has 3 rings (SSSR count). The van der Waals surface area contributed by atoms with Crippen LogP contribution in [0.25, 0.3) is 0 Å². The number of carbonyl (C=O) groups excluding carboxylic acids is 2. The van der Waals surface area contributed by atoms with Crippen LogP contribution < -0.4 is 10.6 Å². The van der Waals surface area contributed by atoms with Crippen LogP contribution in [0.2, 0.25) is 5.02 Å². The Morgan fingerprint density at radius 3 is 2.44 bits per heavy atom. The van der Waals surface area contributed by atoms with E-state index in [1.54, 1.807) is 48.5 Å². The maximum absolute atomic E-state index is 12.2. The molecule has 3 aromatic rings. The number of carbonyl (C=O) groups is 2. The van der Waals surface area contributed by atoms with Crippen LogP contribution in [-0.4, -0.2) is 27.8 Å². The van der Waals surface area contributed by atoms with E-state index in [9.17, 15) is 9.59 Å². The standard InChI is InChI=1S/C17H12BrClN4O2S2/c18-11-3-1-10(2-4-11)15(25)21-16-22-23-17(27-16)26-9-14(24)20-13-7-5-12(19)6-8-13/h1-8H,9H2,(H,20,24)(H,21,22,25). The first-order valence-electron chi connectivity index (χ1n) is 7.58. The first-order valence-corrected chi connectivity index (χ1v) is 10.6. The Morgan fingerprint density at radius 2 is 1.74 bits per heavy atom. The summed E-state index contributed by atoms with van der Waals surface area (Å²) in [6, 6.07) is 13.8. The number of benzene rings is 2. The minimum absolute atomic E-state index is 0.169. The smallest absolute Gasteiger partial charge is 0.257 e. The second-order valence-corrected chi connectivity index (χ2v) is 8.73. The number of thioether (sulfide) groups is 1. The minimum atomic E-state index is -0.268. The van der Waals surface area contributed by atoms with Gasteiger partial charge in [0.05, 0.1) is 5.75 Å². The number of hydrogen-bond acceptors (Lipinski definition) is 6. The van der Waals surface area contributed by atoms with Crippen molar-refractivity contribution in [1.82, 2.24) is 10.2 Å². The van der Waals surface area contributed by atoms with Crippen LogP contribution in [0.4, 0.5) is 10.8 Å². The third kappa shape index (κ3) is 6.03. The monoisotopic (exact) mass is 482 g/mol. The molecule has 0 aliphatic heterocycles. The molecule has 0 bridgehead atoms. The number of aromatic nitrogens is 2. The molecule has 0 aliphatic carbocycles. The van der Waals surface area contributed by atoms with Crippen molar-refractivity contribution in [1.29, 1.82) is 0 Å². The SMILES string of the molecule is O=C(CSc1nnc(NC(=O)c2ccc(Br)cc2)s1)Nc1ccc(Cl)cc1. The van der Waals surface area contributed by atoms with Gasteiger partial charge in [0.25, 0.3) is 5.91 Å². The lowest BCUT2D eigenvalue weighted by Gasteiger charge is -2.03. The molecule has 10 heteroatoms. The van der Waals surface area contributed by atoms with E-state index in [1.165, 1.54) is 23.1 Å². The van der Waals surface area contributed by atoms with Crippen LogP contribution in [0.1, 0.15) is 10.4 Å². The van der Waals surface area contributed by atoms with Gasteiger partial charge in [0.15, 0.2) is 4.34 Å². The van der Waals surface area contributed by atoms with Gasteiger partial charge < -0.3 is 5.32 Å². The first-order chi connectivity index (χ1) is 13.0. The zero-order valence-corrected chi connectivity index (χ0v) is 17.6. The van der Waals surface area contributed by atoms with Gasteiger partial charge in [-0.2, -0.15) is 0 Å². The summed E-state index contributed by atoms with van der Waals surface area (Å²) < 4.78 is 1.48. The van der Waals surface area contributed by atoms with Crippen LogP contribution >= 0.6 is 50.6 Å². The highest BCUT2D eigenvalue weighted by atomic mass is 79.9. The predicted octanol–water partition coefficient (Wildman–Crippen LogP) is 4.94. The van der Waals surface area contributed by atoms with Gasteiger partial charge in [-0.25, -0.2) is 0 Å². The fourth-order valence-corrected chi connectivity index (χ4v) is 3.88. The Bertz CT molecular complexity index is 948. The second-order valence-electron chi connectivity index (χ2n) is 5.18. The summed E-state index contributed by atoms with van der Waals surface area (Å²) >= 11 is 11.6. The molecule has 0 fully saturated rings. The number of amides is 2. The zero-order valence-electron chi connectivity index (χ0n) is 13.6. The van der Waals surface area contributed by atoms with Crippen molar-refractivity contribution in [3.05, 3.63) is 63.6 Å². The minimum Gasteiger partial charge on any atom is -0.325 e. The normalized spacial score (nSPS) is 10.4. The zero-order chi connectivity index (χ0) is 19.2. The summed E-state index contributed by atoms with van der Waals surface area (Å²) in [5, 5.41) is 14.4. The van der Waals surface area contributed by atoms with Crippen LogP contribution in [0.15, 0.2) is 57.3 Å². The summed E-state index contributed by atoms with van der Waals surface area (Å²) in [4.78, 5) is 24.1. The molecular weight excluding hydrogens is 472 g/mol. The fraction of sp³-hybridized carbons (Fsp3) is 0.0588. The number of hydrogen-bond donors (Lipinski definition) is 2. The third-order valence-corrected chi connectivity index (χ3v) is 5.94. The molecule has 0 unspecified atom stereocenters. The van der Waals surface area contributed by atoms with E-state index in [2.05, 4.69) is 36.8 Å². The van der Waals surface area contributed by atoms with E-state index in [-0.39, 0.29) is 17.6 Å². The number of anilines is 2. The van der Waals surface area contributed by atoms with Gasteiger partial charge in [0.2, 0.25) is 11.0 Å². The average Bonchev–Trinajstić information content (AvgIpc) is 3.10. The Kier molecular flexibility index (Phi) is 6.84. The van der Waals surface area contributed by atoms with Gasteiger partial charge in [-0.15, -0.1) is 10.2 Å². The molecule has 1 aromatic heterocycles. The maximum Gasteiger partial charge on any atom is 0.257 e. The molecule has 1 heterocycles. The van der Waals surface area contributed by atoms with E-state index in [0.717, 1.165) is 4.47 Å². The molecule has 2 aromatic carbocycles. The Labute approximate surface area is 176 Å². The molecule has 138 valence electrons. The molecule has 2 N–H and O–H groups in total. The fourth-order valence-electron chi connectivity index (χ4n) is 1.95. The van der Waals surface area contributed by atoms with Gasteiger partial charge in [-0.05, 0) is 48.5 Å². The van der Waals surface area contributed by atoms with Crippen LogP contribution in [-0.2, 0) is 4.79 Å². The van der Waals surface area contributed by atoms with Crippen molar-refractivity contribution >= 4 is 73.3 Å². The summed E-state index contributed by atoms with van der Waals surface area (Å²) in [6.45, 7) is 0. The largest absolute Gasteiger partial charge is 0.325 e. The molecule has 2 amide bonds. The van der Waals surface area contributed by atoms with Gasteiger partial charge in [-0.3, -0.25) is 14.9 Å². The van der Waals surface area contributed by atoms with Crippen LogP contribution in [0.3, 0.4) is 0 Å². The second kappa shape index (κ2) is 9.32. The van der Waals surface area contributed by atoms with Gasteiger partial charge in [0.1, 0.15) is 0 Å². The van der Waals surface area contributed by atoms with Gasteiger partial charge in [-0.1, -0.05) is 50.6 Å². The summed E-state index contributed by atoms with van der Waals surface area (Å²) in [5.74, 6) is -0.258. The average molecular weight is 484 g/mol. The van der Waals surface area contributed by atoms with Gasteiger partial charge >= 0.3 is 0 Å². The van der Waals surface area contributed by atoms with E-state index in [4.69, 9.17) is 11.6 Å². The van der Waals surface area contributed by atoms with E-state index >= 15 is 0 Å². The summed E-state index contributed by atoms with van der Waals surface area (Å²) in [6.07, 6.45) is 0. The van der Waals surface area contributed by atoms with E-state index < -0.39 is 0 Å². The summed E-state index contributed by atoms with van der Waals surface area (Å²) in [5.41, 5.74) is 1.19. The highest BCUT2D eigenvalue weighted by Gasteiger charge is 2.12. The van der Waals surface area contributed by atoms with Crippen LogP contribution in [0.5, 0.6) is 0 Å². The lowest BCUT2D eigenvalue weighted by atomic mass is 10.2. The first kappa shape index (κ1) is 19.8. The highest BCUT2D eigenvalue weighted by Crippen LogP contribution is 2.26. The Balaban J connectivity index is 1.50. The van der Waals surface area contributed by atoms with Crippen molar-refractivity contribution in [3.63, 3.8) is 0 Å². The van der Waals surface area contributed by atoms with E-state index in [0.29, 0.717) is 25.7 Å². The lowest BCUT2D eigenvalue weighted by Crippen LogP contribution is -2.13. The maximum atomic E-state index is 12.2. The Hall–Kier alpha value is -1.94. The highest BCUT2D eigenvalue weighted by molar-refractivity contribution is 9.10. The molecule has 0 atom stereocenters. The van der Waals surface area contributed by atoms with Crippen molar-refractivity contribution in [3.8, 4) is 0 Å². The quantitative estimate of drug-likeness (QED) is 0.383. The molecule has 0 saturated heterocycles. The molecule has 0 spiro atoms. The van der Waals surface area contributed by atoms with Gasteiger partial charge in [0, 0.05) is 20.7 Å². The molecule has 0 saturated carbocycles. The molecular formula is C17H12BrClN4O2S2. The van der Waals surface area contributed by atoms with Crippen molar-refractivity contribution in [2.45, 2.75) is 4.34 Å². The molecule has 27 heavy (non-hydrogen) atoms. The van der Waals surface area contributed by atoms with Crippen molar-refractivity contribution in [2.75, 3.05) is 16.4 Å². The predicted molar refractivity (Wildman–Crippen MR) is 113 cm³/mol. The van der Waals surface area contributed by atoms with Crippen molar-refractivity contribution in [2.24, 2.45) is 0 Å². The van der Waals surface area contributed by atoms with Crippen molar-refractivity contribution < 1.29 is 9.59 Å². The lowest BCUT2D eigenvalue weighted by molar-refractivity contribution is -0.113. The Morgan fingerprint density at radius 1 is 1.04 bits per heavy atom. The molecule has 0 aliphatic rings. The third-order valence-electron chi connectivity index (χ3n) is 3.19. The number of halogens is 2. The number of nitrogens with one attached hydrogen (secondary N) is 2. The topological polar surface area (TPSA) is 84.0 Å². The molecule has 0 radical (unpaired) electrons. The van der Waals surface area contributed by atoms with Crippen LogP contribution in [0, 0.1) is 0 Å². The van der Waals surface area contributed by atoms with E-state index in [1.807, 2.05) is 0 Å². The number of nitrogens with zero attached hydrogens (tertiary/aromatic N) is 2. The number of rotatable bonds is 6. The molecule has 6 nitrogen and oxygen atoms in total.